The van der Waals surface area contributed by atoms with E-state index in [0.29, 0.717) is 5.89 Å². The van der Waals surface area contributed by atoms with Crippen LogP contribution in [0.3, 0.4) is 0 Å². The van der Waals surface area contributed by atoms with Crippen molar-refractivity contribution in [1.82, 2.24) is 29.9 Å². The lowest BCUT2D eigenvalue weighted by Gasteiger charge is -2.30. The Morgan fingerprint density at radius 2 is 2.24 bits per heavy atom. The van der Waals surface area contributed by atoms with Crippen molar-refractivity contribution in [2.75, 3.05) is 13.1 Å². The third kappa shape index (κ3) is 3.46. The smallest absolute Gasteiger partial charge is 0.249 e. The fraction of sp³-hybridized carbons (Fsp3) is 0.444. The topological polar surface area (TPSA) is 72.9 Å². The van der Waals surface area contributed by atoms with E-state index < -0.39 is 0 Å². The zero-order chi connectivity index (χ0) is 17.2. The normalized spacial score (nSPS) is 18.6. The molecule has 0 aliphatic carbocycles. The highest BCUT2D eigenvalue weighted by Crippen LogP contribution is 2.29. The van der Waals surface area contributed by atoms with E-state index in [0.717, 1.165) is 49.6 Å². The van der Waals surface area contributed by atoms with Crippen LogP contribution in [0.2, 0.25) is 0 Å². The Bertz CT molecular complexity index is 840. The van der Waals surface area contributed by atoms with Gasteiger partial charge in [-0.3, -0.25) is 14.6 Å². The van der Waals surface area contributed by atoms with Gasteiger partial charge in [-0.2, -0.15) is 5.10 Å². The molecule has 0 saturated carbocycles. The molecule has 1 atom stereocenters. The van der Waals surface area contributed by atoms with Gasteiger partial charge in [-0.25, -0.2) is 0 Å². The zero-order valence-electron chi connectivity index (χ0n) is 14.6. The number of piperidine rings is 1. The predicted octanol–water partition coefficient (Wildman–Crippen LogP) is 2.55. The molecule has 7 nitrogen and oxygen atoms in total. The van der Waals surface area contributed by atoms with Crippen molar-refractivity contribution in [3.8, 4) is 11.5 Å². The van der Waals surface area contributed by atoms with Crippen LogP contribution < -0.4 is 0 Å². The number of rotatable bonds is 4. The Balaban J connectivity index is 1.46. The minimum Gasteiger partial charge on any atom is -0.420 e. The number of nitrogens with zero attached hydrogens (tertiary/aromatic N) is 6. The van der Waals surface area contributed by atoms with Crippen LogP contribution in [-0.4, -0.2) is 43.0 Å². The predicted molar refractivity (Wildman–Crippen MR) is 92.7 cm³/mol. The summed E-state index contributed by atoms with van der Waals surface area (Å²) in [6.07, 6.45) is 7.80. The molecule has 1 fully saturated rings. The average molecular weight is 338 g/mol. The lowest BCUT2D eigenvalue weighted by Crippen LogP contribution is -2.34. The van der Waals surface area contributed by atoms with E-state index in [2.05, 4.69) is 38.3 Å². The Labute approximate surface area is 146 Å². The maximum absolute atomic E-state index is 5.93. The van der Waals surface area contributed by atoms with E-state index in [-0.39, 0.29) is 5.92 Å². The first-order chi connectivity index (χ1) is 12.2. The molecule has 0 radical (unpaired) electrons. The Hall–Kier alpha value is -2.54. The van der Waals surface area contributed by atoms with Crippen molar-refractivity contribution >= 4 is 0 Å². The minimum atomic E-state index is 0.281. The number of aromatic nitrogens is 5. The van der Waals surface area contributed by atoms with Crippen LogP contribution in [0, 0.1) is 6.92 Å². The van der Waals surface area contributed by atoms with Crippen LogP contribution >= 0.6 is 0 Å². The van der Waals surface area contributed by atoms with Crippen LogP contribution in [0.5, 0.6) is 0 Å². The summed E-state index contributed by atoms with van der Waals surface area (Å²) in [5, 5.41) is 12.9. The molecular formula is C18H22N6O. The van der Waals surface area contributed by atoms with Gasteiger partial charge < -0.3 is 4.42 Å². The molecule has 7 heteroatoms. The van der Waals surface area contributed by atoms with Crippen LogP contribution in [0.4, 0.5) is 0 Å². The first-order valence-electron chi connectivity index (χ1n) is 8.64. The fourth-order valence-electron chi connectivity index (χ4n) is 3.45. The van der Waals surface area contributed by atoms with E-state index >= 15 is 0 Å². The summed E-state index contributed by atoms with van der Waals surface area (Å²) in [6, 6.07) is 3.81. The van der Waals surface area contributed by atoms with Crippen molar-refractivity contribution in [2.45, 2.75) is 32.2 Å². The largest absolute Gasteiger partial charge is 0.420 e. The first-order valence-corrected chi connectivity index (χ1v) is 8.64. The second-order valence-electron chi connectivity index (χ2n) is 6.67. The van der Waals surface area contributed by atoms with Gasteiger partial charge in [0.2, 0.25) is 11.8 Å². The molecular weight excluding hydrogens is 316 g/mol. The molecule has 0 N–H and O–H groups in total. The van der Waals surface area contributed by atoms with Crippen LogP contribution in [0.25, 0.3) is 11.5 Å². The molecule has 3 aromatic heterocycles. The minimum absolute atomic E-state index is 0.281. The summed E-state index contributed by atoms with van der Waals surface area (Å²) < 4.78 is 7.81. The lowest BCUT2D eigenvalue weighted by molar-refractivity contribution is 0.186. The highest BCUT2D eigenvalue weighted by molar-refractivity contribution is 5.50. The van der Waals surface area contributed by atoms with Gasteiger partial charge in [0.05, 0.1) is 17.2 Å². The molecule has 0 spiro atoms. The highest BCUT2D eigenvalue weighted by atomic mass is 16.4. The van der Waals surface area contributed by atoms with Crippen molar-refractivity contribution in [2.24, 2.45) is 7.05 Å². The van der Waals surface area contributed by atoms with Gasteiger partial charge in [-0.1, -0.05) is 0 Å². The second kappa shape index (κ2) is 6.76. The number of likely N-dealkylation sites (tertiary alicyclic amines) is 1. The molecule has 130 valence electrons. The molecule has 0 bridgehead atoms. The van der Waals surface area contributed by atoms with E-state index in [1.807, 2.05) is 23.9 Å². The van der Waals surface area contributed by atoms with Crippen molar-refractivity contribution in [3.63, 3.8) is 0 Å². The van der Waals surface area contributed by atoms with Gasteiger partial charge in [0.1, 0.15) is 0 Å². The van der Waals surface area contributed by atoms with E-state index in [1.165, 1.54) is 5.56 Å². The SMILES string of the molecule is Cc1nn(C)cc1CN1CCC[C@@H](c2nnc(-c3cccnc3)o2)C1. The van der Waals surface area contributed by atoms with Gasteiger partial charge in [0.25, 0.3) is 0 Å². The summed E-state index contributed by atoms with van der Waals surface area (Å²) in [7, 11) is 1.97. The Morgan fingerprint density at radius 1 is 1.32 bits per heavy atom. The summed E-state index contributed by atoms with van der Waals surface area (Å²) in [4.78, 5) is 6.56. The molecule has 1 saturated heterocycles. The van der Waals surface area contributed by atoms with E-state index in [1.54, 1.807) is 12.4 Å². The van der Waals surface area contributed by atoms with Crippen molar-refractivity contribution < 1.29 is 4.42 Å². The Morgan fingerprint density at radius 3 is 3.00 bits per heavy atom. The summed E-state index contributed by atoms with van der Waals surface area (Å²) >= 11 is 0. The average Bonchev–Trinajstić information content (AvgIpc) is 3.23. The number of hydrogen-bond acceptors (Lipinski definition) is 6. The quantitative estimate of drug-likeness (QED) is 0.728. The van der Waals surface area contributed by atoms with Crippen LogP contribution in [0.15, 0.2) is 35.1 Å². The standard InChI is InChI=1S/C18H22N6O/c1-13-16(10-23(2)22-13)12-24-8-4-6-15(11-24)18-21-20-17(25-18)14-5-3-7-19-9-14/h3,5,7,9-10,15H,4,6,8,11-12H2,1-2H3/t15-/m1/s1. The van der Waals surface area contributed by atoms with E-state index in [9.17, 15) is 0 Å². The maximum atomic E-state index is 5.93. The van der Waals surface area contributed by atoms with Gasteiger partial charge in [-0.05, 0) is 38.4 Å². The van der Waals surface area contributed by atoms with E-state index in [4.69, 9.17) is 4.42 Å². The molecule has 0 amide bonds. The summed E-state index contributed by atoms with van der Waals surface area (Å²) in [5.74, 6) is 1.55. The highest BCUT2D eigenvalue weighted by Gasteiger charge is 2.26. The molecule has 25 heavy (non-hydrogen) atoms. The van der Waals surface area contributed by atoms with Crippen molar-refractivity contribution in [3.05, 3.63) is 47.9 Å². The summed E-state index contributed by atoms with van der Waals surface area (Å²) in [5.41, 5.74) is 3.24. The molecule has 0 aromatic carbocycles. The molecule has 4 rings (SSSR count). The van der Waals surface area contributed by atoms with Crippen LogP contribution in [0.1, 0.15) is 35.9 Å². The zero-order valence-corrected chi connectivity index (χ0v) is 14.6. The number of hydrogen-bond donors (Lipinski definition) is 0. The summed E-state index contributed by atoms with van der Waals surface area (Å²) in [6.45, 7) is 5.01. The van der Waals surface area contributed by atoms with Crippen LogP contribution in [-0.2, 0) is 13.6 Å². The number of pyridine rings is 1. The third-order valence-electron chi connectivity index (χ3n) is 4.71. The molecule has 1 aliphatic rings. The molecule has 4 heterocycles. The van der Waals surface area contributed by atoms with Gasteiger partial charge in [0, 0.05) is 44.3 Å². The lowest BCUT2D eigenvalue weighted by atomic mass is 9.97. The monoisotopic (exact) mass is 338 g/mol. The van der Waals surface area contributed by atoms with Gasteiger partial charge in [-0.15, -0.1) is 10.2 Å². The van der Waals surface area contributed by atoms with Gasteiger partial charge >= 0.3 is 0 Å². The third-order valence-corrected chi connectivity index (χ3v) is 4.71. The first kappa shape index (κ1) is 16.0. The fourth-order valence-corrected chi connectivity index (χ4v) is 3.45. The maximum Gasteiger partial charge on any atom is 0.249 e. The van der Waals surface area contributed by atoms with Gasteiger partial charge in [0.15, 0.2) is 0 Å². The number of aryl methyl sites for hydroxylation is 2. The second-order valence-corrected chi connectivity index (χ2v) is 6.67. The molecule has 0 unspecified atom stereocenters. The molecule has 1 aliphatic heterocycles. The molecule has 3 aromatic rings. The van der Waals surface area contributed by atoms with Crippen molar-refractivity contribution in [1.29, 1.82) is 0 Å². The Kier molecular flexibility index (Phi) is 4.31.